The highest BCUT2D eigenvalue weighted by atomic mass is 32.2. The van der Waals surface area contributed by atoms with Gasteiger partial charge >= 0.3 is 6.03 Å². The number of carbonyl (C=O) groups excluding carboxylic acids is 2. The molecule has 2 aliphatic heterocycles. The SMILES string of the molecule is NS(=O)(=O)c1ccc(CCN2CC3=C(C2=O)C(c2ccccc2)NC(=O)N3)cc1. The molecule has 150 valence electrons. The van der Waals surface area contributed by atoms with Crippen molar-refractivity contribution in [3.05, 3.63) is 77.0 Å². The zero-order chi connectivity index (χ0) is 20.6. The van der Waals surface area contributed by atoms with E-state index >= 15 is 0 Å². The summed E-state index contributed by atoms with van der Waals surface area (Å²) in [7, 11) is -3.73. The number of sulfonamides is 1. The summed E-state index contributed by atoms with van der Waals surface area (Å²) >= 11 is 0. The number of carbonyl (C=O) groups is 2. The second kappa shape index (κ2) is 7.34. The second-order valence-electron chi connectivity index (χ2n) is 7.00. The molecule has 29 heavy (non-hydrogen) atoms. The van der Waals surface area contributed by atoms with E-state index in [0.717, 1.165) is 11.1 Å². The van der Waals surface area contributed by atoms with E-state index in [1.165, 1.54) is 12.1 Å². The van der Waals surface area contributed by atoms with Crippen LogP contribution < -0.4 is 15.8 Å². The molecule has 1 atom stereocenters. The third-order valence-electron chi connectivity index (χ3n) is 5.08. The maximum absolute atomic E-state index is 13.0. The Kier molecular flexibility index (Phi) is 4.85. The predicted molar refractivity (Wildman–Crippen MR) is 106 cm³/mol. The molecular weight excluding hydrogens is 392 g/mol. The Bertz CT molecular complexity index is 1100. The summed E-state index contributed by atoms with van der Waals surface area (Å²) in [5.74, 6) is -0.123. The van der Waals surface area contributed by atoms with Crippen LogP contribution in [0.25, 0.3) is 0 Å². The summed E-state index contributed by atoms with van der Waals surface area (Å²) in [5.41, 5.74) is 2.91. The van der Waals surface area contributed by atoms with E-state index in [9.17, 15) is 18.0 Å². The maximum atomic E-state index is 13.0. The first kappa shape index (κ1) is 19.2. The number of primary sulfonamides is 1. The summed E-state index contributed by atoms with van der Waals surface area (Å²) in [6, 6.07) is 14.8. The molecule has 4 rings (SSSR count). The van der Waals surface area contributed by atoms with Gasteiger partial charge in [0.05, 0.1) is 28.8 Å². The lowest BCUT2D eigenvalue weighted by Crippen LogP contribution is -2.44. The summed E-state index contributed by atoms with van der Waals surface area (Å²) in [6.07, 6.45) is 0.550. The van der Waals surface area contributed by atoms with Crippen LogP contribution >= 0.6 is 0 Å². The van der Waals surface area contributed by atoms with Crippen LogP contribution in [0.1, 0.15) is 17.2 Å². The van der Waals surface area contributed by atoms with Crippen molar-refractivity contribution < 1.29 is 18.0 Å². The number of amides is 3. The lowest BCUT2D eigenvalue weighted by Gasteiger charge is -2.25. The van der Waals surface area contributed by atoms with Gasteiger partial charge in [-0.15, -0.1) is 0 Å². The Hall–Kier alpha value is -3.17. The van der Waals surface area contributed by atoms with E-state index in [4.69, 9.17) is 5.14 Å². The van der Waals surface area contributed by atoms with Crippen molar-refractivity contribution in [3.63, 3.8) is 0 Å². The number of urea groups is 1. The van der Waals surface area contributed by atoms with E-state index in [1.807, 2.05) is 30.3 Å². The van der Waals surface area contributed by atoms with Crippen molar-refractivity contribution in [2.24, 2.45) is 5.14 Å². The molecule has 2 heterocycles. The Labute approximate surface area is 168 Å². The number of hydrogen-bond acceptors (Lipinski definition) is 4. The first-order valence-electron chi connectivity index (χ1n) is 9.09. The molecule has 0 aromatic heterocycles. The van der Waals surface area contributed by atoms with E-state index in [1.54, 1.807) is 17.0 Å². The molecule has 0 saturated heterocycles. The lowest BCUT2D eigenvalue weighted by molar-refractivity contribution is -0.125. The lowest BCUT2D eigenvalue weighted by atomic mass is 9.96. The largest absolute Gasteiger partial charge is 0.333 e. The fourth-order valence-corrected chi connectivity index (χ4v) is 4.13. The standard InChI is InChI=1S/C20H20N4O4S/c21-29(27,28)15-8-6-13(7-9-15)10-11-24-12-16-17(19(24)25)18(23-20(26)22-16)14-4-2-1-3-5-14/h1-9,18H,10-12H2,(H2,21,27,28)(H2,22,23,26). The molecule has 0 saturated carbocycles. The van der Waals surface area contributed by atoms with Crippen LogP contribution in [0.4, 0.5) is 4.79 Å². The van der Waals surface area contributed by atoms with Gasteiger partial charge in [-0.3, -0.25) is 4.79 Å². The predicted octanol–water partition coefficient (Wildman–Crippen LogP) is 1.03. The molecule has 0 aliphatic carbocycles. The molecule has 0 radical (unpaired) electrons. The molecule has 1 unspecified atom stereocenters. The molecule has 2 aliphatic rings. The molecule has 2 aromatic rings. The fourth-order valence-electron chi connectivity index (χ4n) is 3.61. The molecule has 2 aromatic carbocycles. The Morgan fingerprint density at radius 3 is 2.38 bits per heavy atom. The van der Waals surface area contributed by atoms with E-state index < -0.39 is 16.1 Å². The fraction of sp³-hybridized carbons (Fsp3) is 0.200. The van der Waals surface area contributed by atoms with Crippen LogP contribution in [0, 0.1) is 0 Å². The van der Waals surface area contributed by atoms with Gasteiger partial charge < -0.3 is 15.5 Å². The first-order chi connectivity index (χ1) is 13.8. The van der Waals surface area contributed by atoms with Crippen molar-refractivity contribution in [2.75, 3.05) is 13.1 Å². The third kappa shape index (κ3) is 3.87. The highest BCUT2D eigenvalue weighted by Gasteiger charge is 2.40. The smallest absolute Gasteiger partial charge is 0.319 e. The Morgan fingerprint density at radius 1 is 1.03 bits per heavy atom. The molecule has 3 amide bonds. The van der Waals surface area contributed by atoms with E-state index in [-0.39, 0.29) is 16.8 Å². The topological polar surface area (TPSA) is 122 Å². The van der Waals surface area contributed by atoms with E-state index in [0.29, 0.717) is 30.8 Å². The number of hydrogen-bond donors (Lipinski definition) is 3. The molecule has 4 N–H and O–H groups in total. The maximum Gasteiger partial charge on any atom is 0.319 e. The minimum Gasteiger partial charge on any atom is -0.333 e. The van der Waals surface area contributed by atoms with Crippen LogP contribution in [0.2, 0.25) is 0 Å². The number of rotatable bonds is 5. The van der Waals surface area contributed by atoms with Crippen molar-refractivity contribution in [1.29, 1.82) is 0 Å². The van der Waals surface area contributed by atoms with Crippen molar-refractivity contribution >= 4 is 22.0 Å². The van der Waals surface area contributed by atoms with Crippen molar-refractivity contribution in [1.82, 2.24) is 15.5 Å². The Morgan fingerprint density at radius 2 is 1.72 bits per heavy atom. The molecule has 9 heteroatoms. The number of benzene rings is 2. The van der Waals surface area contributed by atoms with Gasteiger partial charge in [-0.1, -0.05) is 42.5 Å². The van der Waals surface area contributed by atoms with Gasteiger partial charge in [-0.2, -0.15) is 0 Å². The molecule has 0 fully saturated rings. The van der Waals surface area contributed by atoms with Crippen LogP contribution in [-0.2, 0) is 21.2 Å². The third-order valence-corrected chi connectivity index (χ3v) is 6.00. The summed E-state index contributed by atoms with van der Waals surface area (Å²) < 4.78 is 22.7. The second-order valence-corrected chi connectivity index (χ2v) is 8.56. The minimum atomic E-state index is -3.73. The van der Waals surface area contributed by atoms with Crippen molar-refractivity contribution in [2.45, 2.75) is 17.4 Å². The van der Waals surface area contributed by atoms with Crippen LogP contribution in [-0.4, -0.2) is 38.3 Å². The highest BCUT2D eigenvalue weighted by molar-refractivity contribution is 7.89. The number of nitrogens with two attached hydrogens (primary N) is 1. The van der Waals surface area contributed by atoms with E-state index in [2.05, 4.69) is 10.6 Å². The van der Waals surface area contributed by atoms with Gasteiger partial charge in [-0.25, -0.2) is 18.4 Å². The molecule has 0 spiro atoms. The van der Waals surface area contributed by atoms with Gasteiger partial charge in [0.1, 0.15) is 0 Å². The first-order valence-corrected chi connectivity index (χ1v) is 10.6. The molecular formula is C20H20N4O4S. The molecule has 0 bridgehead atoms. The Balaban J connectivity index is 1.48. The van der Waals surface area contributed by atoms with Crippen molar-refractivity contribution in [3.8, 4) is 0 Å². The highest BCUT2D eigenvalue weighted by Crippen LogP contribution is 2.32. The van der Waals surface area contributed by atoms with Crippen LogP contribution in [0.5, 0.6) is 0 Å². The van der Waals surface area contributed by atoms with Crippen LogP contribution in [0.15, 0.2) is 70.8 Å². The number of nitrogens with one attached hydrogen (secondary N) is 2. The average molecular weight is 412 g/mol. The van der Waals surface area contributed by atoms with Gasteiger partial charge in [0.2, 0.25) is 10.0 Å². The normalized spacial score (nSPS) is 19.1. The van der Waals surface area contributed by atoms with Gasteiger partial charge in [0.25, 0.3) is 5.91 Å². The number of nitrogens with zero attached hydrogens (tertiary/aromatic N) is 1. The summed E-state index contributed by atoms with van der Waals surface area (Å²) in [6.45, 7) is 0.776. The molecule has 8 nitrogen and oxygen atoms in total. The zero-order valence-electron chi connectivity index (χ0n) is 15.5. The summed E-state index contributed by atoms with van der Waals surface area (Å²) in [5, 5.41) is 10.7. The van der Waals surface area contributed by atoms with Crippen LogP contribution in [0.3, 0.4) is 0 Å². The average Bonchev–Trinajstić information content (AvgIpc) is 3.01. The summed E-state index contributed by atoms with van der Waals surface area (Å²) in [4.78, 5) is 26.8. The monoisotopic (exact) mass is 412 g/mol. The van der Waals surface area contributed by atoms with Gasteiger partial charge in [0, 0.05) is 6.54 Å². The quantitative estimate of drug-likeness (QED) is 0.679. The minimum absolute atomic E-state index is 0.0510. The van der Waals surface area contributed by atoms with Gasteiger partial charge in [0.15, 0.2) is 0 Å². The zero-order valence-corrected chi connectivity index (χ0v) is 16.3. The van der Waals surface area contributed by atoms with Gasteiger partial charge in [-0.05, 0) is 29.7 Å².